The second-order valence-corrected chi connectivity index (χ2v) is 3.77. The Balaban J connectivity index is 1.96. The van der Waals surface area contributed by atoms with Crippen molar-refractivity contribution in [3.63, 3.8) is 0 Å². The van der Waals surface area contributed by atoms with Crippen LogP contribution in [0.25, 0.3) is 0 Å². The first-order valence-corrected chi connectivity index (χ1v) is 4.99. The van der Waals surface area contributed by atoms with Gasteiger partial charge in [-0.1, -0.05) is 0 Å². The lowest BCUT2D eigenvalue weighted by atomic mass is 10.2. The van der Waals surface area contributed by atoms with Crippen LogP contribution in [-0.2, 0) is 13.6 Å². The first-order valence-electron chi connectivity index (χ1n) is 4.99. The highest BCUT2D eigenvalue weighted by Gasteiger charge is 2.24. The molecule has 14 heavy (non-hydrogen) atoms. The first-order chi connectivity index (χ1) is 6.79. The molecular formula is C9H16N4O. The molecule has 0 aliphatic carbocycles. The van der Waals surface area contributed by atoms with Crippen LogP contribution in [-0.4, -0.2) is 44.2 Å². The van der Waals surface area contributed by atoms with Gasteiger partial charge >= 0.3 is 0 Å². The monoisotopic (exact) mass is 196 g/mol. The van der Waals surface area contributed by atoms with E-state index in [2.05, 4.69) is 15.1 Å². The minimum Gasteiger partial charge on any atom is -0.395 e. The summed E-state index contributed by atoms with van der Waals surface area (Å²) in [5, 5.41) is 17.4. The smallest absolute Gasteiger partial charge is 0.0967 e. The lowest BCUT2D eigenvalue weighted by molar-refractivity contribution is 0.152. The van der Waals surface area contributed by atoms with Crippen molar-refractivity contribution in [2.75, 3.05) is 13.2 Å². The second kappa shape index (κ2) is 4.06. The van der Waals surface area contributed by atoms with Gasteiger partial charge in [-0.05, 0) is 19.4 Å². The van der Waals surface area contributed by atoms with Crippen LogP contribution in [0, 0.1) is 0 Å². The standard InChI is InChI=1S/C9H16N4O/c1-12-10-5-8(11-12)6-13-4-2-3-9(13)7-14/h5,9,14H,2-4,6-7H2,1H3/t9-/m1/s1. The van der Waals surface area contributed by atoms with E-state index in [9.17, 15) is 0 Å². The molecule has 1 aromatic heterocycles. The third-order valence-electron chi connectivity index (χ3n) is 2.72. The summed E-state index contributed by atoms with van der Waals surface area (Å²) in [5.74, 6) is 0. The highest BCUT2D eigenvalue weighted by molar-refractivity contribution is 4.93. The van der Waals surface area contributed by atoms with Crippen molar-refractivity contribution >= 4 is 0 Å². The van der Waals surface area contributed by atoms with Crippen molar-refractivity contribution in [3.8, 4) is 0 Å². The largest absolute Gasteiger partial charge is 0.395 e. The van der Waals surface area contributed by atoms with Gasteiger partial charge in [0.15, 0.2) is 0 Å². The molecule has 0 spiro atoms. The molecule has 0 radical (unpaired) electrons. The molecule has 0 aromatic carbocycles. The highest BCUT2D eigenvalue weighted by Crippen LogP contribution is 2.18. The topological polar surface area (TPSA) is 54.2 Å². The predicted octanol–water partition coefficient (Wildman–Crippen LogP) is -0.228. The van der Waals surface area contributed by atoms with E-state index in [0.717, 1.165) is 25.2 Å². The van der Waals surface area contributed by atoms with Crippen LogP contribution in [0.1, 0.15) is 18.5 Å². The normalized spacial score (nSPS) is 23.1. The van der Waals surface area contributed by atoms with E-state index in [1.165, 1.54) is 6.42 Å². The van der Waals surface area contributed by atoms with Gasteiger partial charge in [0.25, 0.3) is 0 Å². The van der Waals surface area contributed by atoms with Crippen LogP contribution < -0.4 is 0 Å². The zero-order valence-electron chi connectivity index (χ0n) is 8.43. The van der Waals surface area contributed by atoms with Crippen LogP contribution in [0.5, 0.6) is 0 Å². The van der Waals surface area contributed by atoms with Crippen LogP contribution in [0.2, 0.25) is 0 Å². The molecule has 2 rings (SSSR count). The molecule has 0 unspecified atom stereocenters. The molecule has 1 fully saturated rings. The average Bonchev–Trinajstić information content (AvgIpc) is 2.76. The van der Waals surface area contributed by atoms with E-state index in [0.29, 0.717) is 6.04 Å². The quantitative estimate of drug-likeness (QED) is 0.725. The number of aliphatic hydroxyl groups excluding tert-OH is 1. The minimum absolute atomic E-state index is 0.250. The van der Waals surface area contributed by atoms with Crippen molar-refractivity contribution in [3.05, 3.63) is 11.9 Å². The number of aliphatic hydroxyl groups is 1. The highest BCUT2D eigenvalue weighted by atomic mass is 16.3. The molecule has 0 amide bonds. The number of rotatable bonds is 3. The molecule has 1 aliphatic rings. The van der Waals surface area contributed by atoms with Crippen molar-refractivity contribution < 1.29 is 5.11 Å². The van der Waals surface area contributed by atoms with Gasteiger partial charge < -0.3 is 5.11 Å². The zero-order chi connectivity index (χ0) is 9.97. The summed E-state index contributed by atoms with van der Waals surface area (Å²) in [6.07, 6.45) is 4.05. The Kier molecular flexibility index (Phi) is 2.79. The molecule has 5 nitrogen and oxygen atoms in total. The first kappa shape index (κ1) is 9.61. The van der Waals surface area contributed by atoms with Gasteiger partial charge in [-0.3, -0.25) is 4.90 Å². The van der Waals surface area contributed by atoms with E-state index >= 15 is 0 Å². The van der Waals surface area contributed by atoms with Crippen LogP contribution in [0.3, 0.4) is 0 Å². The molecule has 0 bridgehead atoms. The summed E-state index contributed by atoms with van der Waals surface area (Å²) in [4.78, 5) is 3.84. The summed E-state index contributed by atoms with van der Waals surface area (Å²) in [6.45, 7) is 2.11. The molecule has 0 saturated carbocycles. The maximum absolute atomic E-state index is 9.14. The Labute approximate surface area is 83.3 Å². The zero-order valence-corrected chi connectivity index (χ0v) is 8.43. The number of aromatic nitrogens is 3. The van der Waals surface area contributed by atoms with Crippen molar-refractivity contribution in [1.29, 1.82) is 0 Å². The molecule has 2 heterocycles. The molecule has 1 aliphatic heterocycles. The fourth-order valence-corrected chi connectivity index (χ4v) is 1.98. The third-order valence-corrected chi connectivity index (χ3v) is 2.72. The van der Waals surface area contributed by atoms with E-state index in [1.54, 1.807) is 11.0 Å². The number of nitrogens with zero attached hydrogens (tertiary/aromatic N) is 4. The van der Waals surface area contributed by atoms with E-state index in [-0.39, 0.29) is 6.61 Å². The number of hydrogen-bond acceptors (Lipinski definition) is 4. The van der Waals surface area contributed by atoms with Crippen LogP contribution in [0.15, 0.2) is 6.20 Å². The van der Waals surface area contributed by atoms with Crippen molar-refractivity contribution in [1.82, 2.24) is 19.9 Å². The summed E-state index contributed by atoms with van der Waals surface area (Å²) < 4.78 is 0. The molecule has 1 atom stereocenters. The summed E-state index contributed by atoms with van der Waals surface area (Å²) in [7, 11) is 1.82. The van der Waals surface area contributed by atoms with E-state index in [4.69, 9.17) is 5.11 Å². The molecule has 1 saturated heterocycles. The Morgan fingerprint density at radius 3 is 3.14 bits per heavy atom. The summed E-state index contributed by atoms with van der Waals surface area (Å²) >= 11 is 0. The molecule has 1 aromatic rings. The SMILES string of the molecule is Cn1ncc(CN2CCC[C@@H]2CO)n1. The lowest BCUT2D eigenvalue weighted by Gasteiger charge is -2.20. The third kappa shape index (κ3) is 1.93. The molecule has 1 N–H and O–H groups in total. The fraction of sp³-hybridized carbons (Fsp3) is 0.778. The predicted molar refractivity (Wildman–Crippen MR) is 51.5 cm³/mol. The summed E-state index contributed by atoms with van der Waals surface area (Å²) in [6, 6.07) is 0.317. The van der Waals surface area contributed by atoms with E-state index < -0.39 is 0 Å². The Hall–Kier alpha value is -0.940. The molecular weight excluding hydrogens is 180 g/mol. The Bertz CT molecular complexity index is 299. The molecule has 5 heteroatoms. The van der Waals surface area contributed by atoms with E-state index in [1.807, 2.05) is 7.05 Å². The van der Waals surface area contributed by atoms with Gasteiger partial charge in [-0.15, -0.1) is 0 Å². The number of likely N-dealkylation sites (tertiary alicyclic amines) is 1. The maximum atomic E-state index is 9.14. The lowest BCUT2D eigenvalue weighted by Crippen LogP contribution is -2.31. The van der Waals surface area contributed by atoms with Gasteiger partial charge in [-0.25, -0.2) is 0 Å². The van der Waals surface area contributed by atoms with Gasteiger partial charge in [0.2, 0.25) is 0 Å². The number of hydrogen-bond donors (Lipinski definition) is 1. The molecule has 78 valence electrons. The van der Waals surface area contributed by atoms with Gasteiger partial charge in [0, 0.05) is 19.6 Å². The van der Waals surface area contributed by atoms with Crippen LogP contribution >= 0.6 is 0 Å². The van der Waals surface area contributed by atoms with Gasteiger partial charge in [0.05, 0.1) is 18.5 Å². The van der Waals surface area contributed by atoms with Crippen molar-refractivity contribution in [2.24, 2.45) is 7.05 Å². The second-order valence-electron chi connectivity index (χ2n) is 3.77. The Morgan fingerprint density at radius 1 is 1.64 bits per heavy atom. The van der Waals surface area contributed by atoms with Crippen LogP contribution in [0.4, 0.5) is 0 Å². The van der Waals surface area contributed by atoms with Gasteiger partial charge in [-0.2, -0.15) is 15.0 Å². The average molecular weight is 196 g/mol. The fourth-order valence-electron chi connectivity index (χ4n) is 1.98. The Morgan fingerprint density at radius 2 is 2.50 bits per heavy atom. The number of aryl methyl sites for hydroxylation is 1. The summed E-state index contributed by atoms with van der Waals surface area (Å²) in [5.41, 5.74) is 0.979. The maximum Gasteiger partial charge on any atom is 0.0967 e. The minimum atomic E-state index is 0.250. The van der Waals surface area contributed by atoms with Crippen molar-refractivity contribution in [2.45, 2.75) is 25.4 Å². The van der Waals surface area contributed by atoms with Gasteiger partial charge in [0.1, 0.15) is 0 Å².